The van der Waals surface area contributed by atoms with Crippen LogP contribution in [-0.4, -0.2) is 40.5 Å². The topological polar surface area (TPSA) is 83.7 Å². The van der Waals surface area contributed by atoms with Crippen molar-refractivity contribution in [3.8, 4) is 0 Å². The number of carbonyl (C=O) groups excluding carboxylic acids is 1. The molecule has 1 fully saturated rings. The molecule has 1 saturated heterocycles. The Bertz CT molecular complexity index is 495. The van der Waals surface area contributed by atoms with Crippen molar-refractivity contribution in [3.05, 3.63) is 39.4 Å². The fraction of sp³-hybridized carbons (Fsp3) is 0.417. The third kappa shape index (κ3) is 2.19. The summed E-state index contributed by atoms with van der Waals surface area (Å²) < 4.78 is 0. The Morgan fingerprint density at radius 3 is 2.72 bits per heavy atom. The lowest BCUT2D eigenvalue weighted by Gasteiger charge is -2.38. The quantitative estimate of drug-likeness (QED) is 0.640. The molecule has 0 atom stereocenters. The molecule has 0 saturated carbocycles. The van der Waals surface area contributed by atoms with E-state index in [2.05, 4.69) is 0 Å². The number of likely N-dealkylation sites (tertiary alicyclic amines) is 1. The second kappa shape index (κ2) is 4.73. The maximum Gasteiger partial charge on any atom is 0.269 e. The largest absolute Gasteiger partial charge is 0.396 e. The monoisotopic (exact) mass is 250 g/mol. The third-order valence-electron chi connectivity index (χ3n) is 3.15. The number of nitro benzene ring substituents is 1. The molecule has 6 heteroatoms. The number of aliphatic hydroxyl groups is 1. The van der Waals surface area contributed by atoms with Gasteiger partial charge >= 0.3 is 0 Å². The molecule has 18 heavy (non-hydrogen) atoms. The number of carbonyl (C=O) groups is 1. The lowest BCUT2D eigenvalue weighted by atomic mass is 9.98. The number of amides is 1. The van der Waals surface area contributed by atoms with Crippen molar-refractivity contribution >= 4 is 11.6 Å². The van der Waals surface area contributed by atoms with Gasteiger partial charge in [0.15, 0.2) is 0 Å². The highest BCUT2D eigenvalue weighted by atomic mass is 16.6. The molecule has 1 amide bonds. The Morgan fingerprint density at radius 1 is 1.56 bits per heavy atom. The Kier molecular flexibility index (Phi) is 3.29. The molecule has 1 aromatic carbocycles. The zero-order chi connectivity index (χ0) is 13.3. The van der Waals surface area contributed by atoms with Crippen molar-refractivity contribution < 1.29 is 14.8 Å². The predicted octanol–water partition coefficient (Wildman–Crippen LogP) is 0.968. The van der Waals surface area contributed by atoms with Gasteiger partial charge in [0.05, 0.1) is 4.92 Å². The van der Waals surface area contributed by atoms with Crippen molar-refractivity contribution in [1.82, 2.24) is 4.90 Å². The number of aryl methyl sites for hydroxylation is 1. The third-order valence-corrected chi connectivity index (χ3v) is 3.15. The number of benzene rings is 1. The average Bonchev–Trinajstić information content (AvgIpc) is 2.27. The molecule has 6 nitrogen and oxygen atoms in total. The van der Waals surface area contributed by atoms with Crippen LogP contribution >= 0.6 is 0 Å². The number of aliphatic hydroxyl groups excluding tert-OH is 1. The molecular weight excluding hydrogens is 236 g/mol. The summed E-state index contributed by atoms with van der Waals surface area (Å²) in [6.45, 7) is 2.87. The molecule has 0 unspecified atom stereocenters. The Balaban J connectivity index is 2.14. The second-order valence-electron chi connectivity index (χ2n) is 4.52. The lowest BCUT2D eigenvalue weighted by Crippen LogP contribution is -2.51. The van der Waals surface area contributed by atoms with Crippen LogP contribution in [0.4, 0.5) is 5.69 Å². The maximum atomic E-state index is 12.1. The number of hydrogen-bond acceptors (Lipinski definition) is 4. The minimum Gasteiger partial charge on any atom is -0.396 e. The first kappa shape index (κ1) is 12.5. The Hall–Kier alpha value is -1.95. The number of nitrogens with zero attached hydrogens (tertiary/aromatic N) is 2. The summed E-state index contributed by atoms with van der Waals surface area (Å²) in [6.07, 6.45) is 0. The summed E-state index contributed by atoms with van der Waals surface area (Å²) in [6, 6.07) is 4.22. The first-order valence-corrected chi connectivity index (χ1v) is 5.68. The number of hydrogen-bond donors (Lipinski definition) is 1. The van der Waals surface area contributed by atoms with Crippen molar-refractivity contribution in [2.75, 3.05) is 19.7 Å². The van der Waals surface area contributed by atoms with Crippen LogP contribution in [0.1, 0.15) is 15.9 Å². The molecule has 1 aliphatic heterocycles. The summed E-state index contributed by atoms with van der Waals surface area (Å²) in [7, 11) is 0. The SMILES string of the molecule is Cc1cc([N+](=O)[O-])ccc1C(=O)N1CC(CO)C1. The van der Waals surface area contributed by atoms with E-state index in [0.717, 1.165) is 0 Å². The van der Waals surface area contributed by atoms with Crippen molar-refractivity contribution in [3.63, 3.8) is 0 Å². The van der Waals surface area contributed by atoms with Gasteiger partial charge in [-0.2, -0.15) is 0 Å². The average molecular weight is 250 g/mol. The fourth-order valence-electron chi connectivity index (χ4n) is 2.02. The van der Waals surface area contributed by atoms with E-state index in [4.69, 9.17) is 5.11 Å². The van der Waals surface area contributed by atoms with Gasteiger partial charge in [-0.3, -0.25) is 14.9 Å². The van der Waals surface area contributed by atoms with Gasteiger partial charge in [0.1, 0.15) is 0 Å². The Labute approximate surface area is 104 Å². The molecule has 1 aromatic rings. The van der Waals surface area contributed by atoms with E-state index in [1.165, 1.54) is 18.2 Å². The molecule has 0 bridgehead atoms. The Morgan fingerprint density at radius 2 is 2.22 bits per heavy atom. The van der Waals surface area contributed by atoms with Gasteiger partial charge in [0.2, 0.25) is 0 Å². The van der Waals surface area contributed by atoms with Crippen molar-refractivity contribution in [2.24, 2.45) is 5.92 Å². The van der Waals surface area contributed by atoms with E-state index in [-0.39, 0.29) is 24.1 Å². The van der Waals surface area contributed by atoms with Gasteiger partial charge in [-0.15, -0.1) is 0 Å². The van der Waals surface area contributed by atoms with E-state index >= 15 is 0 Å². The van der Waals surface area contributed by atoms with Gasteiger partial charge in [0.25, 0.3) is 11.6 Å². The number of non-ortho nitro benzene ring substituents is 1. The first-order valence-electron chi connectivity index (χ1n) is 5.68. The summed E-state index contributed by atoms with van der Waals surface area (Å²) in [5.41, 5.74) is 1.07. The maximum absolute atomic E-state index is 12.1. The van der Waals surface area contributed by atoms with Crippen LogP contribution in [0.15, 0.2) is 18.2 Å². The highest BCUT2D eigenvalue weighted by Gasteiger charge is 2.31. The standard InChI is InChI=1S/C12H14N2O4/c1-8-4-10(14(17)18)2-3-11(8)12(16)13-5-9(6-13)7-15/h2-4,9,15H,5-7H2,1H3. The number of nitro groups is 1. The van der Waals surface area contributed by atoms with Gasteiger partial charge in [0, 0.05) is 43.3 Å². The molecule has 2 rings (SSSR count). The van der Waals surface area contributed by atoms with Crippen LogP contribution in [0.2, 0.25) is 0 Å². The summed E-state index contributed by atoms with van der Waals surface area (Å²) in [5.74, 6) is 0.0272. The summed E-state index contributed by atoms with van der Waals surface area (Å²) >= 11 is 0. The summed E-state index contributed by atoms with van der Waals surface area (Å²) in [5, 5.41) is 19.5. The van der Waals surface area contributed by atoms with Crippen molar-refractivity contribution in [2.45, 2.75) is 6.92 Å². The molecule has 0 spiro atoms. The van der Waals surface area contributed by atoms with Crippen LogP contribution in [0.3, 0.4) is 0 Å². The van der Waals surface area contributed by atoms with E-state index < -0.39 is 4.92 Å². The molecule has 0 radical (unpaired) electrons. The van der Waals surface area contributed by atoms with E-state index in [1.54, 1.807) is 11.8 Å². The lowest BCUT2D eigenvalue weighted by molar-refractivity contribution is -0.384. The second-order valence-corrected chi connectivity index (χ2v) is 4.52. The van der Waals surface area contributed by atoms with E-state index in [9.17, 15) is 14.9 Å². The normalized spacial score (nSPS) is 15.3. The van der Waals surface area contributed by atoms with Crippen LogP contribution in [0.25, 0.3) is 0 Å². The molecule has 96 valence electrons. The molecule has 0 aliphatic carbocycles. The smallest absolute Gasteiger partial charge is 0.269 e. The van der Waals surface area contributed by atoms with Crippen molar-refractivity contribution in [1.29, 1.82) is 0 Å². The molecule has 1 N–H and O–H groups in total. The van der Waals surface area contributed by atoms with Crippen LogP contribution in [0.5, 0.6) is 0 Å². The van der Waals surface area contributed by atoms with Gasteiger partial charge < -0.3 is 10.0 Å². The predicted molar refractivity (Wildman–Crippen MR) is 64.3 cm³/mol. The van der Waals surface area contributed by atoms with Crippen LogP contribution in [0, 0.1) is 23.0 Å². The highest BCUT2D eigenvalue weighted by Crippen LogP contribution is 2.22. The van der Waals surface area contributed by atoms with Crippen LogP contribution in [-0.2, 0) is 0 Å². The molecule has 1 aliphatic rings. The van der Waals surface area contributed by atoms with Gasteiger partial charge in [-0.25, -0.2) is 0 Å². The summed E-state index contributed by atoms with van der Waals surface area (Å²) in [4.78, 5) is 23.8. The minimum atomic E-state index is -0.479. The number of rotatable bonds is 3. The zero-order valence-corrected chi connectivity index (χ0v) is 10.00. The molecule has 0 aromatic heterocycles. The highest BCUT2D eigenvalue weighted by molar-refractivity contribution is 5.96. The molecular formula is C12H14N2O4. The fourth-order valence-corrected chi connectivity index (χ4v) is 2.02. The minimum absolute atomic E-state index is 0.0131. The van der Waals surface area contributed by atoms with E-state index in [0.29, 0.717) is 24.2 Å². The zero-order valence-electron chi connectivity index (χ0n) is 10.00. The first-order chi connectivity index (χ1) is 8.52. The van der Waals surface area contributed by atoms with E-state index in [1.807, 2.05) is 0 Å². The van der Waals surface area contributed by atoms with Gasteiger partial charge in [-0.05, 0) is 18.6 Å². The van der Waals surface area contributed by atoms with Gasteiger partial charge in [-0.1, -0.05) is 0 Å². The van der Waals surface area contributed by atoms with Crippen LogP contribution < -0.4 is 0 Å². The molecule has 1 heterocycles.